The average Bonchev–Trinajstić information content (AvgIpc) is 2.29. The number of hydrogen-bond donors (Lipinski definition) is 2. The zero-order valence-corrected chi connectivity index (χ0v) is 11.0. The third-order valence-corrected chi connectivity index (χ3v) is 3.14. The van der Waals surface area contributed by atoms with Gasteiger partial charge in [-0.15, -0.1) is 0 Å². The van der Waals surface area contributed by atoms with Crippen molar-refractivity contribution in [3.05, 3.63) is 0 Å². The smallest absolute Gasteiger partial charge is 0.246 e. The Hall–Kier alpha value is -0.610. The first-order valence-corrected chi connectivity index (χ1v) is 6.08. The molecule has 0 fully saturated rings. The van der Waals surface area contributed by atoms with Gasteiger partial charge in [0.25, 0.3) is 0 Å². The quantitative estimate of drug-likeness (QED) is 0.660. The van der Waals surface area contributed by atoms with E-state index in [0.717, 1.165) is 12.8 Å². The molecule has 0 atom stereocenters. The Morgan fingerprint density at radius 1 is 1.38 bits per heavy atom. The van der Waals surface area contributed by atoms with E-state index < -0.39 is 0 Å². The molecule has 0 rings (SSSR count). The maximum atomic E-state index is 11.5. The van der Waals surface area contributed by atoms with Crippen molar-refractivity contribution in [2.75, 3.05) is 19.7 Å². The molecule has 0 heterocycles. The number of nitrogens with two attached hydrogens (primary N) is 1. The topological polar surface area (TPSA) is 64.3 Å². The molecule has 4 nitrogen and oxygen atoms in total. The van der Waals surface area contributed by atoms with E-state index in [9.17, 15) is 4.79 Å². The van der Waals surface area contributed by atoms with Crippen molar-refractivity contribution in [2.45, 2.75) is 46.6 Å². The van der Waals surface area contributed by atoms with Gasteiger partial charge in [-0.05, 0) is 38.6 Å². The summed E-state index contributed by atoms with van der Waals surface area (Å²) in [7, 11) is 0. The largest absolute Gasteiger partial charge is 0.369 e. The zero-order chi connectivity index (χ0) is 12.6. The molecule has 0 unspecified atom stereocenters. The Balaban J connectivity index is 3.97. The van der Waals surface area contributed by atoms with Crippen molar-refractivity contribution >= 4 is 5.91 Å². The third-order valence-electron chi connectivity index (χ3n) is 3.14. The molecule has 0 aliphatic carbocycles. The van der Waals surface area contributed by atoms with E-state index in [4.69, 9.17) is 10.5 Å². The lowest BCUT2D eigenvalue weighted by Gasteiger charge is -2.30. The number of rotatable bonds is 8. The highest BCUT2D eigenvalue weighted by Crippen LogP contribution is 2.23. The number of ether oxygens (including phenoxy) is 1. The lowest BCUT2D eigenvalue weighted by molar-refractivity contribution is -0.127. The second-order valence-corrected chi connectivity index (χ2v) is 4.55. The molecule has 0 saturated heterocycles. The van der Waals surface area contributed by atoms with Crippen LogP contribution in [0.2, 0.25) is 0 Å². The van der Waals surface area contributed by atoms with Gasteiger partial charge in [0.2, 0.25) is 5.91 Å². The number of hydrogen-bond acceptors (Lipinski definition) is 3. The molecule has 0 saturated carbocycles. The van der Waals surface area contributed by atoms with Crippen LogP contribution in [-0.2, 0) is 9.53 Å². The van der Waals surface area contributed by atoms with Gasteiger partial charge in [0, 0.05) is 6.54 Å². The molecule has 96 valence electrons. The maximum absolute atomic E-state index is 11.5. The molecule has 0 spiro atoms. The fourth-order valence-electron chi connectivity index (χ4n) is 1.44. The second-order valence-electron chi connectivity index (χ2n) is 4.55. The molecule has 4 heteroatoms. The van der Waals surface area contributed by atoms with E-state index in [-0.39, 0.29) is 24.0 Å². The van der Waals surface area contributed by atoms with Crippen molar-refractivity contribution in [3.8, 4) is 0 Å². The van der Waals surface area contributed by atoms with Crippen LogP contribution in [-0.4, -0.2) is 31.7 Å². The number of amides is 1. The molecule has 16 heavy (non-hydrogen) atoms. The van der Waals surface area contributed by atoms with Gasteiger partial charge >= 0.3 is 0 Å². The van der Waals surface area contributed by atoms with Gasteiger partial charge in [0.15, 0.2) is 0 Å². The van der Waals surface area contributed by atoms with Gasteiger partial charge in [-0.1, -0.05) is 13.8 Å². The Bertz CT molecular complexity index is 193. The van der Waals surface area contributed by atoms with Gasteiger partial charge in [-0.2, -0.15) is 0 Å². The average molecular weight is 230 g/mol. The van der Waals surface area contributed by atoms with E-state index in [1.165, 1.54) is 0 Å². The maximum Gasteiger partial charge on any atom is 0.246 e. The lowest BCUT2D eigenvalue weighted by atomic mass is 9.82. The minimum atomic E-state index is -0.0616. The Labute approximate surface area is 98.9 Å². The minimum absolute atomic E-state index is 0.0352. The predicted octanol–water partition coefficient (Wildman–Crippen LogP) is 1.29. The third kappa shape index (κ3) is 5.47. The van der Waals surface area contributed by atoms with E-state index in [2.05, 4.69) is 19.2 Å². The van der Waals surface area contributed by atoms with Crippen LogP contribution in [0.15, 0.2) is 0 Å². The summed E-state index contributed by atoms with van der Waals surface area (Å²) in [4.78, 5) is 11.5. The summed E-state index contributed by atoms with van der Waals surface area (Å²) in [6, 6.07) is 0. The Kier molecular flexibility index (Phi) is 7.34. The van der Waals surface area contributed by atoms with Crippen LogP contribution in [0.1, 0.15) is 40.5 Å². The van der Waals surface area contributed by atoms with Crippen LogP contribution in [0.3, 0.4) is 0 Å². The normalized spacial score (nSPS) is 11.9. The van der Waals surface area contributed by atoms with Crippen molar-refractivity contribution in [3.63, 3.8) is 0 Å². The molecular weight excluding hydrogens is 204 g/mol. The summed E-state index contributed by atoms with van der Waals surface area (Å²) >= 11 is 0. The van der Waals surface area contributed by atoms with Gasteiger partial charge < -0.3 is 15.8 Å². The van der Waals surface area contributed by atoms with Crippen LogP contribution in [0.25, 0.3) is 0 Å². The molecule has 0 aliphatic heterocycles. The van der Waals surface area contributed by atoms with Crippen LogP contribution < -0.4 is 11.1 Å². The predicted molar refractivity (Wildman–Crippen MR) is 66.2 cm³/mol. The minimum Gasteiger partial charge on any atom is -0.369 e. The number of nitrogens with one attached hydrogen (secondary N) is 1. The molecule has 0 aromatic heterocycles. The fourth-order valence-corrected chi connectivity index (χ4v) is 1.44. The Morgan fingerprint density at radius 2 is 1.94 bits per heavy atom. The van der Waals surface area contributed by atoms with Crippen molar-refractivity contribution < 1.29 is 9.53 Å². The zero-order valence-electron chi connectivity index (χ0n) is 11.0. The first-order valence-electron chi connectivity index (χ1n) is 6.08. The summed E-state index contributed by atoms with van der Waals surface area (Å²) in [5, 5.41) is 2.89. The summed E-state index contributed by atoms with van der Waals surface area (Å²) in [6.07, 6.45) is 2.04. The molecular formula is C12H26N2O2. The highest BCUT2D eigenvalue weighted by molar-refractivity contribution is 5.77. The van der Waals surface area contributed by atoms with Crippen molar-refractivity contribution in [1.29, 1.82) is 0 Å². The summed E-state index contributed by atoms with van der Waals surface area (Å²) in [5.74, 6) is -0.0616. The molecule has 0 radical (unpaired) electrons. The first kappa shape index (κ1) is 15.4. The van der Waals surface area contributed by atoms with Crippen LogP contribution >= 0.6 is 0 Å². The van der Waals surface area contributed by atoms with Gasteiger partial charge in [0.05, 0.1) is 6.10 Å². The number of carbonyl (C=O) groups excluding carboxylic acids is 1. The van der Waals surface area contributed by atoms with Gasteiger partial charge in [-0.25, -0.2) is 0 Å². The highest BCUT2D eigenvalue weighted by atomic mass is 16.5. The van der Waals surface area contributed by atoms with E-state index in [1.807, 2.05) is 13.8 Å². The van der Waals surface area contributed by atoms with Crippen molar-refractivity contribution in [1.82, 2.24) is 5.32 Å². The first-order chi connectivity index (χ1) is 7.49. The SMILES string of the molecule is CCC(CC)(CN)CNC(=O)COC(C)C. The fraction of sp³-hybridized carbons (Fsp3) is 0.917. The van der Waals surface area contributed by atoms with E-state index in [0.29, 0.717) is 13.1 Å². The summed E-state index contributed by atoms with van der Waals surface area (Å²) in [6.45, 7) is 9.40. The standard InChI is InChI=1S/C12H26N2O2/c1-5-12(6-2,8-13)9-14-11(15)7-16-10(3)4/h10H,5-9,13H2,1-4H3,(H,14,15). The monoisotopic (exact) mass is 230 g/mol. The van der Waals surface area contributed by atoms with E-state index in [1.54, 1.807) is 0 Å². The van der Waals surface area contributed by atoms with Crippen molar-refractivity contribution in [2.24, 2.45) is 11.1 Å². The summed E-state index contributed by atoms with van der Waals surface area (Å²) in [5.41, 5.74) is 5.79. The number of carbonyl (C=O) groups is 1. The molecule has 0 aliphatic rings. The van der Waals surface area contributed by atoms with Crippen LogP contribution in [0.4, 0.5) is 0 Å². The molecule has 3 N–H and O–H groups in total. The molecule has 0 aromatic carbocycles. The Morgan fingerprint density at radius 3 is 2.31 bits per heavy atom. The molecule has 0 bridgehead atoms. The highest BCUT2D eigenvalue weighted by Gasteiger charge is 2.24. The van der Waals surface area contributed by atoms with Crippen LogP contribution in [0, 0.1) is 5.41 Å². The molecule has 0 aromatic rings. The second kappa shape index (κ2) is 7.63. The van der Waals surface area contributed by atoms with Gasteiger partial charge in [0.1, 0.15) is 6.61 Å². The summed E-state index contributed by atoms with van der Waals surface area (Å²) < 4.78 is 5.23. The molecule has 1 amide bonds. The lowest BCUT2D eigenvalue weighted by Crippen LogP contribution is -2.43. The van der Waals surface area contributed by atoms with E-state index >= 15 is 0 Å². The van der Waals surface area contributed by atoms with Crippen LogP contribution in [0.5, 0.6) is 0 Å². The van der Waals surface area contributed by atoms with Gasteiger partial charge in [-0.3, -0.25) is 4.79 Å².